The molecule has 0 spiro atoms. The van der Waals surface area contributed by atoms with Crippen molar-refractivity contribution in [2.45, 2.75) is 38.2 Å². The first kappa shape index (κ1) is 14.4. The Labute approximate surface area is 116 Å². The number of benzene rings is 1. The van der Waals surface area contributed by atoms with Crippen LogP contribution in [0.2, 0.25) is 0 Å². The molecule has 1 fully saturated rings. The van der Waals surface area contributed by atoms with Crippen LogP contribution in [0.4, 0.5) is 5.69 Å². The molecule has 19 heavy (non-hydrogen) atoms. The number of unbranched alkanes of at least 4 members (excludes halogenated alkanes) is 1. The summed E-state index contributed by atoms with van der Waals surface area (Å²) in [5.41, 5.74) is 6.29. The molecule has 1 aliphatic carbocycles. The van der Waals surface area contributed by atoms with Gasteiger partial charge in [-0.3, -0.25) is 0 Å². The molecule has 0 aromatic heterocycles. The maximum absolute atomic E-state index is 10.7. The molecule has 0 radical (unpaired) electrons. The normalized spacial score (nSPS) is 18.1. The zero-order chi connectivity index (χ0) is 13.7. The lowest BCUT2D eigenvalue weighted by Crippen LogP contribution is -2.50. The predicted octanol–water partition coefficient (Wildman–Crippen LogP) is 2.39. The van der Waals surface area contributed by atoms with Crippen LogP contribution in [0.3, 0.4) is 0 Å². The van der Waals surface area contributed by atoms with E-state index in [2.05, 4.69) is 24.0 Å². The summed E-state index contributed by atoms with van der Waals surface area (Å²) >= 11 is 0. The number of nitrogens with zero attached hydrogens (tertiary/aromatic N) is 1. The largest absolute Gasteiger partial charge is 0.386 e. The second kappa shape index (κ2) is 6.40. The number of aliphatic hydroxyl groups is 1. The Morgan fingerprint density at radius 3 is 2.53 bits per heavy atom. The molecule has 1 aliphatic rings. The van der Waals surface area contributed by atoms with Crippen LogP contribution in [0.25, 0.3) is 0 Å². The van der Waals surface area contributed by atoms with Crippen molar-refractivity contribution < 1.29 is 5.11 Å². The van der Waals surface area contributed by atoms with Gasteiger partial charge in [0.25, 0.3) is 0 Å². The monoisotopic (exact) mass is 262 g/mol. The van der Waals surface area contributed by atoms with Crippen LogP contribution in [-0.2, 0) is 0 Å². The van der Waals surface area contributed by atoms with Crippen LogP contribution in [-0.4, -0.2) is 30.3 Å². The van der Waals surface area contributed by atoms with Crippen LogP contribution < -0.4 is 10.6 Å². The maximum Gasteiger partial charge on any atom is 0.0970 e. The molecule has 0 amide bonds. The van der Waals surface area contributed by atoms with E-state index in [1.54, 1.807) is 0 Å². The van der Waals surface area contributed by atoms with Crippen LogP contribution >= 0.6 is 0 Å². The molecule has 3 nitrogen and oxygen atoms in total. The van der Waals surface area contributed by atoms with E-state index in [4.69, 9.17) is 5.73 Å². The molecular weight excluding hydrogens is 236 g/mol. The van der Waals surface area contributed by atoms with E-state index in [1.807, 2.05) is 18.2 Å². The highest BCUT2D eigenvalue weighted by molar-refractivity contribution is 5.46. The smallest absolute Gasteiger partial charge is 0.0970 e. The van der Waals surface area contributed by atoms with Gasteiger partial charge in [-0.2, -0.15) is 0 Å². The molecule has 106 valence electrons. The molecule has 1 aromatic rings. The highest BCUT2D eigenvalue weighted by Crippen LogP contribution is 2.40. The highest BCUT2D eigenvalue weighted by atomic mass is 16.3. The fourth-order valence-corrected chi connectivity index (χ4v) is 2.60. The van der Waals surface area contributed by atoms with Gasteiger partial charge in [-0.25, -0.2) is 0 Å². The van der Waals surface area contributed by atoms with Crippen molar-refractivity contribution >= 4 is 5.69 Å². The number of rotatable bonds is 8. The number of nitrogens with two attached hydrogens (primary N) is 1. The van der Waals surface area contributed by atoms with Gasteiger partial charge in [-0.05, 0) is 37.3 Å². The SMILES string of the molecule is CCCCN(CC(O)(CN)C1CC1)c1ccccc1. The third-order valence-corrected chi connectivity index (χ3v) is 4.06. The fourth-order valence-electron chi connectivity index (χ4n) is 2.60. The lowest BCUT2D eigenvalue weighted by atomic mass is 9.96. The molecular formula is C16H26N2O. The summed E-state index contributed by atoms with van der Waals surface area (Å²) in [5.74, 6) is 0.394. The number of anilines is 1. The first-order valence-corrected chi connectivity index (χ1v) is 7.42. The van der Waals surface area contributed by atoms with Gasteiger partial charge in [0.1, 0.15) is 0 Å². The summed E-state index contributed by atoms with van der Waals surface area (Å²) in [6.07, 6.45) is 4.53. The molecule has 1 atom stereocenters. The summed E-state index contributed by atoms with van der Waals surface area (Å²) in [5, 5.41) is 10.7. The van der Waals surface area contributed by atoms with Gasteiger partial charge < -0.3 is 15.7 Å². The van der Waals surface area contributed by atoms with E-state index >= 15 is 0 Å². The van der Waals surface area contributed by atoms with E-state index in [0.717, 1.165) is 32.2 Å². The maximum atomic E-state index is 10.7. The van der Waals surface area contributed by atoms with E-state index in [1.165, 1.54) is 5.69 Å². The Hall–Kier alpha value is -1.06. The minimum atomic E-state index is -0.719. The quantitative estimate of drug-likeness (QED) is 0.756. The van der Waals surface area contributed by atoms with Gasteiger partial charge in [0.15, 0.2) is 0 Å². The summed E-state index contributed by atoms with van der Waals surface area (Å²) in [6.45, 7) is 4.18. The minimum absolute atomic E-state index is 0.354. The van der Waals surface area contributed by atoms with E-state index < -0.39 is 5.60 Å². The van der Waals surface area contributed by atoms with Gasteiger partial charge in [0.05, 0.1) is 5.60 Å². The fraction of sp³-hybridized carbons (Fsp3) is 0.625. The molecule has 3 N–H and O–H groups in total. The molecule has 2 rings (SSSR count). The molecule has 0 aliphatic heterocycles. The van der Waals surface area contributed by atoms with Crippen molar-refractivity contribution in [1.29, 1.82) is 0 Å². The van der Waals surface area contributed by atoms with Crippen molar-refractivity contribution in [1.82, 2.24) is 0 Å². The predicted molar refractivity (Wildman–Crippen MR) is 80.3 cm³/mol. The standard InChI is InChI=1S/C16H26N2O/c1-2-3-11-18(15-7-5-4-6-8-15)13-16(19,12-17)14-9-10-14/h4-8,14,19H,2-3,9-13,17H2,1H3. The molecule has 3 heteroatoms. The molecule has 0 heterocycles. The van der Waals surface area contributed by atoms with Crippen LogP contribution in [0.15, 0.2) is 30.3 Å². The van der Waals surface area contributed by atoms with E-state index in [-0.39, 0.29) is 0 Å². The van der Waals surface area contributed by atoms with Crippen molar-refractivity contribution in [3.8, 4) is 0 Å². The molecule has 0 saturated heterocycles. The van der Waals surface area contributed by atoms with Gasteiger partial charge in [0, 0.05) is 25.3 Å². The van der Waals surface area contributed by atoms with Crippen molar-refractivity contribution in [2.24, 2.45) is 11.7 Å². The summed E-state index contributed by atoms with van der Waals surface area (Å²) in [4.78, 5) is 2.29. The Balaban J connectivity index is 2.09. The number of hydrogen-bond donors (Lipinski definition) is 2. The van der Waals surface area contributed by atoms with Crippen LogP contribution in [0.1, 0.15) is 32.6 Å². The second-order valence-electron chi connectivity index (χ2n) is 5.69. The van der Waals surface area contributed by atoms with Crippen molar-refractivity contribution in [3.05, 3.63) is 30.3 Å². The Morgan fingerprint density at radius 1 is 1.32 bits per heavy atom. The molecule has 1 aromatic carbocycles. The first-order chi connectivity index (χ1) is 9.19. The third-order valence-electron chi connectivity index (χ3n) is 4.06. The topological polar surface area (TPSA) is 49.5 Å². The highest BCUT2D eigenvalue weighted by Gasteiger charge is 2.43. The van der Waals surface area contributed by atoms with E-state index in [9.17, 15) is 5.11 Å². The Kier molecular flexibility index (Phi) is 4.83. The number of para-hydroxylation sites is 1. The summed E-state index contributed by atoms with van der Waals surface area (Å²) in [6, 6.07) is 10.3. The second-order valence-corrected chi connectivity index (χ2v) is 5.69. The average molecular weight is 262 g/mol. The molecule has 0 bridgehead atoms. The Morgan fingerprint density at radius 2 is 2.00 bits per heavy atom. The van der Waals surface area contributed by atoms with Crippen molar-refractivity contribution in [2.75, 3.05) is 24.5 Å². The summed E-state index contributed by atoms with van der Waals surface area (Å²) in [7, 11) is 0. The lowest BCUT2D eigenvalue weighted by molar-refractivity contribution is 0.0333. The molecule has 1 unspecified atom stereocenters. The van der Waals surface area contributed by atoms with Gasteiger partial charge in [-0.1, -0.05) is 31.5 Å². The zero-order valence-electron chi connectivity index (χ0n) is 11.9. The van der Waals surface area contributed by atoms with Gasteiger partial charge in [0.2, 0.25) is 0 Å². The molecule has 1 saturated carbocycles. The first-order valence-electron chi connectivity index (χ1n) is 7.42. The van der Waals surface area contributed by atoms with Gasteiger partial charge >= 0.3 is 0 Å². The number of hydrogen-bond acceptors (Lipinski definition) is 3. The van der Waals surface area contributed by atoms with Crippen LogP contribution in [0.5, 0.6) is 0 Å². The Bertz CT molecular complexity index is 378. The van der Waals surface area contributed by atoms with E-state index in [0.29, 0.717) is 19.0 Å². The van der Waals surface area contributed by atoms with Crippen molar-refractivity contribution in [3.63, 3.8) is 0 Å². The zero-order valence-corrected chi connectivity index (χ0v) is 11.9. The third kappa shape index (κ3) is 3.71. The minimum Gasteiger partial charge on any atom is -0.386 e. The lowest BCUT2D eigenvalue weighted by Gasteiger charge is -2.35. The average Bonchev–Trinajstić information content (AvgIpc) is 3.29. The van der Waals surface area contributed by atoms with Crippen LogP contribution in [0, 0.1) is 5.92 Å². The van der Waals surface area contributed by atoms with Gasteiger partial charge in [-0.15, -0.1) is 0 Å². The summed E-state index contributed by atoms with van der Waals surface area (Å²) < 4.78 is 0.